The van der Waals surface area contributed by atoms with Crippen molar-refractivity contribution in [1.29, 1.82) is 0 Å². The zero-order chi connectivity index (χ0) is 19.9. The van der Waals surface area contributed by atoms with Crippen LogP contribution in [0.25, 0.3) is 0 Å². The van der Waals surface area contributed by atoms with Crippen LogP contribution in [0.4, 0.5) is 0 Å². The molecule has 2 N–H and O–H groups in total. The van der Waals surface area contributed by atoms with Crippen LogP contribution >= 0.6 is 12.2 Å². The molecule has 5 heteroatoms. The lowest BCUT2D eigenvalue weighted by atomic mass is 9.87. The van der Waals surface area contributed by atoms with Crippen LogP contribution in [0.1, 0.15) is 69.9 Å². The van der Waals surface area contributed by atoms with E-state index >= 15 is 0 Å². The van der Waals surface area contributed by atoms with Gasteiger partial charge in [0.15, 0.2) is 5.11 Å². The van der Waals surface area contributed by atoms with Crippen molar-refractivity contribution >= 4 is 23.2 Å². The van der Waals surface area contributed by atoms with Crippen molar-refractivity contribution in [3.05, 3.63) is 29.3 Å². The van der Waals surface area contributed by atoms with Gasteiger partial charge in [-0.3, -0.25) is 4.79 Å². The first-order valence-electron chi connectivity index (χ1n) is 10.1. The molecule has 27 heavy (non-hydrogen) atoms. The molecule has 0 spiro atoms. The Labute approximate surface area is 169 Å². The highest BCUT2D eigenvalue weighted by atomic mass is 32.1. The number of amides is 1. The molecule has 1 aromatic rings. The fraction of sp³-hybridized carbons (Fsp3) is 0.636. The Bertz CT molecular complexity index is 652. The third-order valence-corrected chi connectivity index (χ3v) is 5.55. The molecule has 0 bridgehead atoms. The number of rotatable bonds is 7. The molecule has 1 fully saturated rings. The second-order valence-corrected chi connectivity index (χ2v) is 8.78. The van der Waals surface area contributed by atoms with Crippen molar-refractivity contribution in [3.63, 3.8) is 0 Å². The molecule has 0 saturated heterocycles. The second-order valence-electron chi connectivity index (χ2n) is 8.37. The predicted molar refractivity (Wildman–Crippen MR) is 115 cm³/mol. The highest BCUT2D eigenvalue weighted by Gasteiger charge is 2.28. The minimum Gasteiger partial charge on any atom is -0.493 e. The first-order valence-corrected chi connectivity index (χ1v) is 10.5. The number of hydrogen-bond donors (Lipinski definition) is 2. The molecule has 2 rings (SSSR count). The van der Waals surface area contributed by atoms with Gasteiger partial charge in [-0.1, -0.05) is 45.2 Å². The summed E-state index contributed by atoms with van der Waals surface area (Å²) in [6.07, 6.45) is 7.60. The molecule has 0 unspecified atom stereocenters. The van der Waals surface area contributed by atoms with Crippen LogP contribution in [-0.2, 0) is 4.79 Å². The Balaban J connectivity index is 1.73. The molecule has 0 aromatic heterocycles. The molecule has 150 valence electrons. The average molecular weight is 391 g/mol. The van der Waals surface area contributed by atoms with Gasteiger partial charge in [0.05, 0.1) is 6.61 Å². The SMILES string of the molecule is Cc1ccc(C)c(OCCCC(C)(C)C(=O)NC(=S)NC2CCCCC2)c1. The molecular formula is C22H34N2O2S. The van der Waals surface area contributed by atoms with Gasteiger partial charge < -0.3 is 15.4 Å². The van der Waals surface area contributed by atoms with Gasteiger partial charge in [-0.05, 0) is 68.9 Å². The van der Waals surface area contributed by atoms with Crippen molar-refractivity contribution in [2.24, 2.45) is 5.41 Å². The van der Waals surface area contributed by atoms with Crippen LogP contribution in [-0.4, -0.2) is 23.7 Å². The molecule has 0 aliphatic heterocycles. The molecule has 1 amide bonds. The molecule has 1 aromatic carbocycles. The van der Waals surface area contributed by atoms with Gasteiger partial charge in [-0.2, -0.15) is 0 Å². The first-order chi connectivity index (χ1) is 12.8. The fourth-order valence-electron chi connectivity index (χ4n) is 3.41. The number of nitrogens with one attached hydrogen (secondary N) is 2. The lowest BCUT2D eigenvalue weighted by molar-refractivity contribution is -0.128. The summed E-state index contributed by atoms with van der Waals surface area (Å²) in [6, 6.07) is 6.62. The van der Waals surface area contributed by atoms with E-state index in [0.717, 1.165) is 37.0 Å². The van der Waals surface area contributed by atoms with Crippen LogP contribution in [0.3, 0.4) is 0 Å². The van der Waals surface area contributed by atoms with Gasteiger partial charge in [0, 0.05) is 11.5 Å². The summed E-state index contributed by atoms with van der Waals surface area (Å²) >= 11 is 5.34. The maximum atomic E-state index is 12.6. The number of aryl methyl sites for hydroxylation is 2. The largest absolute Gasteiger partial charge is 0.493 e. The minimum absolute atomic E-state index is 0.0254. The first kappa shape index (κ1) is 21.7. The van der Waals surface area contributed by atoms with Crippen molar-refractivity contribution in [2.75, 3.05) is 6.61 Å². The number of carbonyl (C=O) groups excluding carboxylic acids is 1. The number of benzene rings is 1. The van der Waals surface area contributed by atoms with E-state index in [1.54, 1.807) is 0 Å². The third-order valence-electron chi connectivity index (χ3n) is 5.33. The van der Waals surface area contributed by atoms with E-state index in [-0.39, 0.29) is 5.91 Å². The van der Waals surface area contributed by atoms with E-state index in [2.05, 4.69) is 35.8 Å². The highest BCUT2D eigenvalue weighted by molar-refractivity contribution is 7.80. The van der Waals surface area contributed by atoms with E-state index in [1.807, 2.05) is 20.8 Å². The van der Waals surface area contributed by atoms with E-state index < -0.39 is 5.41 Å². The summed E-state index contributed by atoms with van der Waals surface area (Å²) in [5.41, 5.74) is 1.84. The maximum absolute atomic E-state index is 12.6. The summed E-state index contributed by atoms with van der Waals surface area (Å²) in [4.78, 5) is 12.6. The highest BCUT2D eigenvalue weighted by Crippen LogP contribution is 2.24. The van der Waals surface area contributed by atoms with Gasteiger partial charge in [0.1, 0.15) is 5.75 Å². The number of ether oxygens (including phenoxy) is 1. The normalized spacial score (nSPS) is 15.3. The number of carbonyl (C=O) groups is 1. The predicted octanol–water partition coefficient (Wildman–Crippen LogP) is 4.81. The Morgan fingerprint density at radius 3 is 2.63 bits per heavy atom. The second kappa shape index (κ2) is 10.1. The number of thiocarbonyl (C=S) groups is 1. The van der Waals surface area contributed by atoms with Crippen LogP contribution < -0.4 is 15.4 Å². The maximum Gasteiger partial charge on any atom is 0.231 e. The van der Waals surface area contributed by atoms with Gasteiger partial charge in [-0.25, -0.2) is 0 Å². The Morgan fingerprint density at radius 1 is 1.22 bits per heavy atom. The van der Waals surface area contributed by atoms with Crippen molar-refractivity contribution in [1.82, 2.24) is 10.6 Å². The lowest BCUT2D eigenvalue weighted by Gasteiger charge is -2.27. The summed E-state index contributed by atoms with van der Waals surface area (Å²) in [5, 5.41) is 6.64. The summed E-state index contributed by atoms with van der Waals surface area (Å²) in [7, 11) is 0. The minimum atomic E-state index is -0.483. The molecule has 1 aliphatic carbocycles. The third kappa shape index (κ3) is 7.13. The van der Waals surface area contributed by atoms with E-state index in [1.165, 1.54) is 24.8 Å². The summed E-state index contributed by atoms with van der Waals surface area (Å²) in [5.74, 6) is 0.901. The smallest absolute Gasteiger partial charge is 0.231 e. The average Bonchev–Trinajstić information content (AvgIpc) is 2.62. The van der Waals surface area contributed by atoms with Crippen LogP contribution in [0, 0.1) is 19.3 Å². The van der Waals surface area contributed by atoms with Crippen molar-refractivity contribution in [3.8, 4) is 5.75 Å². The van der Waals surface area contributed by atoms with Crippen molar-refractivity contribution < 1.29 is 9.53 Å². The Morgan fingerprint density at radius 2 is 1.93 bits per heavy atom. The zero-order valence-corrected chi connectivity index (χ0v) is 18.0. The topological polar surface area (TPSA) is 50.4 Å². The van der Waals surface area contributed by atoms with Crippen LogP contribution in [0.2, 0.25) is 0 Å². The van der Waals surface area contributed by atoms with Crippen LogP contribution in [0.15, 0.2) is 18.2 Å². The fourth-order valence-corrected chi connectivity index (χ4v) is 3.67. The molecular weight excluding hydrogens is 356 g/mol. The summed E-state index contributed by atoms with van der Waals surface area (Å²) in [6.45, 7) is 8.63. The van der Waals surface area contributed by atoms with Crippen molar-refractivity contribution in [2.45, 2.75) is 78.7 Å². The molecule has 0 heterocycles. The van der Waals surface area contributed by atoms with Gasteiger partial charge in [0.25, 0.3) is 0 Å². The van der Waals surface area contributed by atoms with E-state index in [4.69, 9.17) is 17.0 Å². The zero-order valence-electron chi connectivity index (χ0n) is 17.2. The lowest BCUT2D eigenvalue weighted by Crippen LogP contribution is -2.48. The van der Waals surface area contributed by atoms with E-state index in [0.29, 0.717) is 17.8 Å². The molecule has 0 radical (unpaired) electrons. The van der Waals surface area contributed by atoms with Gasteiger partial charge in [0.2, 0.25) is 5.91 Å². The van der Waals surface area contributed by atoms with Crippen LogP contribution in [0.5, 0.6) is 5.75 Å². The standard InChI is InChI=1S/C22H34N2O2S/c1-16-11-12-17(2)19(15-16)26-14-8-13-22(3,4)20(25)24-21(27)23-18-9-6-5-7-10-18/h11-12,15,18H,5-10,13-14H2,1-4H3,(H2,23,24,25,27). The summed E-state index contributed by atoms with van der Waals surface area (Å²) < 4.78 is 5.90. The molecule has 0 atom stereocenters. The van der Waals surface area contributed by atoms with E-state index in [9.17, 15) is 4.79 Å². The number of hydrogen-bond acceptors (Lipinski definition) is 3. The molecule has 1 saturated carbocycles. The molecule has 1 aliphatic rings. The Kier molecular flexibility index (Phi) is 8.08. The Hall–Kier alpha value is -1.62. The van der Waals surface area contributed by atoms with Gasteiger partial charge >= 0.3 is 0 Å². The van der Waals surface area contributed by atoms with Gasteiger partial charge in [-0.15, -0.1) is 0 Å². The monoisotopic (exact) mass is 390 g/mol. The molecule has 4 nitrogen and oxygen atoms in total. The quantitative estimate of drug-likeness (QED) is 0.518.